The summed E-state index contributed by atoms with van der Waals surface area (Å²) in [6.45, 7) is 6.07. The smallest absolute Gasteiger partial charge is 0.180 e. The molecule has 0 saturated heterocycles. The van der Waals surface area contributed by atoms with Gasteiger partial charge in [0, 0.05) is 5.56 Å². The molecule has 0 aliphatic rings. The van der Waals surface area contributed by atoms with Crippen molar-refractivity contribution >= 4 is 34.7 Å². The van der Waals surface area contributed by atoms with Gasteiger partial charge in [-0.15, -0.1) is 10.2 Å². The molecule has 0 N–H and O–H groups in total. The molecule has 0 aromatic carbocycles. The average Bonchev–Trinajstić information content (AvgIpc) is 2.63. The highest BCUT2D eigenvalue weighted by atomic mass is 35.5. The molecule has 0 saturated carbocycles. The van der Waals surface area contributed by atoms with Gasteiger partial charge in [-0.05, 0) is 24.6 Å². The Balaban J connectivity index is 2.35. The van der Waals surface area contributed by atoms with E-state index in [9.17, 15) is 0 Å². The maximum absolute atomic E-state index is 6.10. The lowest BCUT2D eigenvalue weighted by atomic mass is 10.1. The second kappa shape index (κ2) is 5.29. The van der Waals surface area contributed by atoms with Crippen molar-refractivity contribution in [1.29, 1.82) is 0 Å². The molecular weight excluding hydrogens is 276 g/mol. The molecule has 2 aromatic heterocycles. The van der Waals surface area contributed by atoms with E-state index in [1.165, 1.54) is 18.1 Å². The predicted octanol–water partition coefficient (Wildman–Crippen LogP) is 3.56. The van der Waals surface area contributed by atoms with Crippen molar-refractivity contribution in [3.63, 3.8) is 0 Å². The van der Waals surface area contributed by atoms with Crippen LogP contribution >= 0.6 is 34.7 Å². The zero-order valence-electron chi connectivity index (χ0n) is 9.64. The summed E-state index contributed by atoms with van der Waals surface area (Å²) in [4.78, 5) is 8.29. The van der Waals surface area contributed by atoms with Gasteiger partial charge >= 0.3 is 0 Å². The summed E-state index contributed by atoms with van der Waals surface area (Å²) >= 11 is 9.13. The minimum Gasteiger partial charge on any atom is -0.229 e. The maximum Gasteiger partial charge on any atom is 0.180 e. The first-order valence-corrected chi connectivity index (χ1v) is 7.07. The van der Waals surface area contributed by atoms with Gasteiger partial charge in [-0.25, -0.2) is 9.97 Å². The number of hydrogen-bond acceptors (Lipinski definition) is 6. The molecule has 2 heterocycles. The van der Waals surface area contributed by atoms with Gasteiger partial charge in [-0.2, -0.15) is 0 Å². The highest BCUT2D eigenvalue weighted by Crippen LogP contribution is 2.36. The van der Waals surface area contributed by atoms with Crippen LogP contribution in [0.5, 0.6) is 0 Å². The Morgan fingerprint density at radius 1 is 1.29 bits per heavy atom. The van der Waals surface area contributed by atoms with Crippen molar-refractivity contribution in [3.05, 3.63) is 22.1 Å². The Hall–Kier alpha value is -0.720. The molecular formula is C10H11ClN4S2. The molecule has 0 fully saturated rings. The fourth-order valence-electron chi connectivity index (χ4n) is 1.33. The molecule has 2 rings (SSSR count). The van der Waals surface area contributed by atoms with Gasteiger partial charge in [0.15, 0.2) is 4.34 Å². The minimum atomic E-state index is 0.278. The summed E-state index contributed by atoms with van der Waals surface area (Å²) in [5.41, 5.74) is 0.965. The third-order valence-electron chi connectivity index (χ3n) is 2.07. The molecule has 4 nitrogen and oxygen atoms in total. The van der Waals surface area contributed by atoms with E-state index in [2.05, 4.69) is 34.0 Å². The molecule has 0 bridgehead atoms. The van der Waals surface area contributed by atoms with Gasteiger partial charge in [0.1, 0.15) is 21.5 Å². The van der Waals surface area contributed by atoms with E-state index < -0.39 is 0 Å². The zero-order chi connectivity index (χ0) is 12.4. The van der Waals surface area contributed by atoms with Crippen molar-refractivity contribution in [2.75, 3.05) is 0 Å². The molecule has 17 heavy (non-hydrogen) atoms. The van der Waals surface area contributed by atoms with Crippen LogP contribution in [0.4, 0.5) is 0 Å². The number of hydrogen-bond donors (Lipinski definition) is 0. The Labute approximate surface area is 113 Å². The monoisotopic (exact) mass is 286 g/mol. The van der Waals surface area contributed by atoms with Gasteiger partial charge in [-0.3, -0.25) is 0 Å². The van der Waals surface area contributed by atoms with E-state index in [0.717, 1.165) is 19.9 Å². The van der Waals surface area contributed by atoms with Crippen LogP contribution < -0.4 is 0 Å². The second-order valence-electron chi connectivity index (χ2n) is 3.73. The Kier molecular flexibility index (Phi) is 3.96. The normalized spacial score (nSPS) is 11.1. The average molecular weight is 287 g/mol. The molecule has 0 aliphatic heterocycles. The lowest BCUT2D eigenvalue weighted by Crippen LogP contribution is -1.97. The van der Waals surface area contributed by atoms with Crippen molar-refractivity contribution in [2.45, 2.75) is 36.1 Å². The summed E-state index contributed by atoms with van der Waals surface area (Å²) < 4.78 is 0.874. The highest BCUT2D eigenvalue weighted by Gasteiger charge is 2.16. The minimum absolute atomic E-state index is 0.278. The quantitative estimate of drug-likeness (QED) is 0.808. The summed E-state index contributed by atoms with van der Waals surface area (Å²) in [7, 11) is 0. The molecule has 0 radical (unpaired) electrons. The summed E-state index contributed by atoms with van der Waals surface area (Å²) in [5.74, 6) is 0.278. The molecule has 7 heteroatoms. The maximum atomic E-state index is 6.10. The van der Waals surface area contributed by atoms with Crippen molar-refractivity contribution < 1.29 is 0 Å². The lowest BCUT2D eigenvalue weighted by molar-refractivity contribution is 0.802. The van der Waals surface area contributed by atoms with Crippen molar-refractivity contribution in [1.82, 2.24) is 20.2 Å². The lowest BCUT2D eigenvalue weighted by Gasteiger charge is -2.10. The molecule has 2 aromatic rings. The first-order valence-electron chi connectivity index (χ1n) is 5.06. The predicted molar refractivity (Wildman–Crippen MR) is 69.9 cm³/mol. The number of aryl methyl sites for hydroxylation is 1. The molecule has 0 amide bonds. The van der Waals surface area contributed by atoms with Gasteiger partial charge in [-0.1, -0.05) is 36.8 Å². The number of nitrogens with zero attached hydrogens (tertiary/aromatic N) is 4. The third-order valence-corrected chi connectivity index (χ3v) is 4.28. The fourth-order valence-corrected chi connectivity index (χ4v) is 3.71. The van der Waals surface area contributed by atoms with Crippen molar-refractivity contribution in [3.8, 4) is 0 Å². The van der Waals surface area contributed by atoms with E-state index >= 15 is 0 Å². The summed E-state index contributed by atoms with van der Waals surface area (Å²) in [5, 5.41) is 10.4. The molecule has 0 aliphatic carbocycles. The molecule has 90 valence electrons. The van der Waals surface area contributed by atoms with E-state index in [1.807, 2.05) is 6.92 Å². The van der Waals surface area contributed by atoms with E-state index in [-0.39, 0.29) is 5.92 Å². The topological polar surface area (TPSA) is 51.6 Å². The van der Waals surface area contributed by atoms with E-state index in [0.29, 0.717) is 5.15 Å². The second-order valence-corrected chi connectivity index (χ2v) is 6.50. The number of halogens is 1. The first-order chi connectivity index (χ1) is 8.08. The number of aromatic nitrogens is 4. The van der Waals surface area contributed by atoms with Crippen LogP contribution in [0.15, 0.2) is 15.7 Å². The van der Waals surface area contributed by atoms with Gasteiger partial charge in [0.05, 0.1) is 0 Å². The zero-order valence-corrected chi connectivity index (χ0v) is 12.0. The first kappa shape index (κ1) is 12.7. The Bertz CT molecular complexity index is 527. The Morgan fingerprint density at radius 3 is 2.65 bits per heavy atom. The van der Waals surface area contributed by atoms with Gasteiger partial charge < -0.3 is 0 Å². The van der Waals surface area contributed by atoms with Gasteiger partial charge in [0.25, 0.3) is 0 Å². The van der Waals surface area contributed by atoms with Crippen LogP contribution in [-0.2, 0) is 0 Å². The number of rotatable bonds is 3. The molecule has 0 spiro atoms. The largest absolute Gasteiger partial charge is 0.229 e. The van der Waals surface area contributed by atoms with Gasteiger partial charge in [0.2, 0.25) is 0 Å². The molecule has 0 unspecified atom stereocenters. The SMILES string of the molecule is Cc1nnc(Sc2ncnc(Cl)c2C(C)C)s1. The van der Waals surface area contributed by atoms with E-state index in [1.54, 1.807) is 11.3 Å². The fraction of sp³-hybridized carbons (Fsp3) is 0.400. The van der Waals surface area contributed by atoms with Crippen LogP contribution in [0.2, 0.25) is 5.15 Å². The standard InChI is InChI=1S/C10H11ClN4S2/c1-5(2)7-8(11)12-4-13-9(7)17-10-15-14-6(3)16-10/h4-5H,1-3H3. The molecule has 0 atom stereocenters. The van der Waals surface area contributed by atoms with Crippen LogP contribution in [0, 0.1) is 6.92 Å². The van der Waals surface area contributed by atoms with Crippen LogP contribution in [-0.4, -0.2) is 20.2 Å². The van der Waals surface area contributed by atoms with E-state index in [4.69, 9.17) is 11.6 Å². The third kappa shape index (κ3) is 2.94. The highest BCUT2D eigenvalue weighted by molar-refractivity contribution is 8.01. The van der Waals surface area contributed by atoms with Crippen molar-refractivity contribution in [2.24, 2.45) is 0 Å². The Morgan fingerprint density at radius 2 is 2.06 bits per heavy atom. The summed E-state index contributed by atoms with van der Waals surface area (Å²) in [6, 6.07) is 0. The van der Waals surface area contributed by atoms with Crippen LogP contribution in [0.3, 0.4) is 0 Å². The van der Waals surface area contributed by atoms with Crippen LogP contribution in [0.1, 0.15) is 30.3 Å². The van der Waals surface area contributed by atoms with Crippen LogP contribution in [0.25, 0.3) is 0 Å². The summed E-state index contributed by atoms with van der Waals surface area (Å²) in [6.07, 6.45) is 1.48.